The van der Waals surface area contributed by atoms with Crippen LogP contribution < -0.4 is 0 Å². The van der Waals surface area contributed by atoms with E-state index in [2.05, 4.69) is 10.2 Å². The second-order valence-electron chi connectivity index (χ2n) is 3.87. The lowest BCUT2D eigenvalue weighted by molar-refractivity contribution is 0.0702. The summed E-state index contributed by atoms with van der Waals surface area (Å²) in [4.78, 5) is 12.3. The lowest BCUT2D eigenvalue weighted by Crippen LogP contribution is -1.94. The molecule has 0 spiro atoms. The van der Waals surface area contributed by atoms with Crippen LogP contribution in [0, 0.1) is 13.8 Å². The molecule has 2 heterocycles. The second kappa shape index (κ2) is 5.11. The number of hydrogen-bond donors (Lipinski definition) is 1. The first-order valence-electron chi connectivity index (χ1n) is 5.30. The number of thioether (sulfide) groups is 1. The van der Waals surface area contributed by atoms with Gasteiger partial charge in [-0.25, -0.2) is 4.79 Å². The Labute approximate surface area is 113 Å². The molecule has 0 radical (unpaired) electrons. The molecule has 0 fully saturated rings. The maximum Gasteiger partial charge on any atom is 0.345 e. The minimum Gasteiger partial charge on any atom is -0.477 e. The number of rotatable bonds is 4. The Morgan fingerprint density at radius 1 is 1.50 bits per heavy atom. The summed E-state index contributed by atoms with van der Waals surface area (Å²) in [6.45, 7) is 3.84. The number of hydrogen-bond acceptors (Lipinski definition) is 5. The number of nitrogens with zero attached hydrogens (tertiary/aromatic N) is 3. The van der Waals surface area contributed by atoms with Gasteiger partial charge in [0.2, 0.25) is 0 Å². The van der Waals surface area contributed by atoms with Crippen LogP contribution in [-0.2, 0) is 12.8 Å². The topological polar surface area (TPSA) is 68.0 Å². The van der Waals surface area contributed by atoms with E-state index in [1.54, 1.807) is 17.8 Å². The van der Waals surface area contributed by atoms with Crippen molar-refractivity contribution in [3.8, 4) is 0 Å². The third-order valence-corrected chi connectivity index (χ3v) is 4.79. The van der Waals surface area contributed by atoms with E-state index in [1.165, 1.54) is 11.3 Å². The van der Waals surface area contributed by atoms with Crippen molar-refractivity contribution in [2.45, 2.75) is 24.8 Å². The Balaban J connectivity index is 2.11. The van der Waals surface area contributed by atoms with Crippen LogP contribution in [0.5, 0.6) is 0 Å². The van der Waals surface area contributed by atoms with E-state index in [1.807, 2.05) is 25.5 Å². The standard InChI is InChI=1S/C11H13N3O2S2/c1-6-8(4-9(18-6)10(15)16)5-17-11-13-12-7(2)14(11)3/h4H,5H2,1-3H3,(H,15,16). The second-order valence-corrected chi connectivity index (χ2v) is 6.07. The van der Waals surface area contributed by atoms with Crippen LogP contribution in [0.1, 0.15) is 25.9 Å². The van der Waals surface area contributed by atoms with Crippen molar-refractivity contribution in [3.63, 3.8) is 0 Å². The molecule has 2 aromatic heterocycles. The molecule has 0 saturated carbocycles. The molecule has 0 saturated heterocycles. The van der Waals surface area contributed by atoms with Crippen LogP contribution in [-0.4, -0.2) is 25.8 Å². The molecule has 2 rings (SSSR count). The van der Waals surface area contributed by atoms with Gasteiger partial charge in [-0.15, -0.1) is 21.5 Å². The van der Waals surface area contributed by atoms with Gasteiger partial charge in [-0.1, -0.05) is 11.8 Å². The van der Waals surface area contributed by atoms with E-state index in [0.717, 1.165) is 21.4 Å². The van der Waals surface area contributed by atoms with Crippen LogP contribution in [0.3, 0.4) is 0 Å². The van der Waals surface area contributed by atoms with Gasteiger partial charge in [-0.3, -0.25) is 0 Å². The SMILES string of the molecule is Cc1sc(C(=O)O)cc1CSc1nnc(C)n1C. The lowest BCUT2D eigenvalue weighted by Gasteiger charge is -2.00. The molecule has 96 valence electrons. The van der Waals surface area contributed by atoms with Gasteiger partial charge in [0.25, 0.3) is 0 Å². The molecular formula is C11H13N3O2S2. The molecule has 18 heavy (non-hydrogen) atoms. The average Bonchev–Trinajstić information content (AvgIpc) is 2.83. The third kappa shape index (κ3) is 2.56. The van der Waals surface area contributed by atoms with Gasteiger partial charge >= 0.3 is 5.97 Å². The van der Waals surface area contributed by atoms with Crippen molar-refractivity contribution < 1.29 is 9.90 Å². The molecule has 0 unspecified atom stereocenters. The summed E-state index contributed by atoms with van der Waals surface area (Å²) >= 11 is 2.87. The highest BCUT2D eigenvalue weighted by atomic mass is 32.2. The monoisotopic (exact) mass is 283 g/mol. The predicted octanol–water partition coefficient (Wildman–Crippen LogP) is 2.48. The van der Waals surface area contributed by atoms with Crippen LogP contribution in [0.2, 0.25) is 0 Å². The number of carboxylic acids is 1. The highest BCUT2D eigenvalue weighted by molar-refractivity contribution is 7.98. The summed E-state index contributed by atoms with van der Waals surface area (Å²) in [5.74, 6) is 0.710. The first kappa shape index (κ1) is 13.1. The summed E-state index contributed by atoms with van der Waals surface area (Å²) in [5.41, 5.74) is 1.04. The Hall–Kier alpha value is -1.34. The van der Waals surface area contributed by atoms with Crippen molar-refractivity contribution in [1.29, 1.82) is 0 Å². The van der Waals surface area contributed by atoms with Crippen LogP contribution in [0.15, 0.2) is 11.2 Å². The largest absolute Gasteiger partial charge is 0.477 e. The predicted molar refractivity (Wildman–Crippen MR) is 71.3 cm³/mol. The van der Waals surface area contributed by atoms with Crippen LogP contribution in [0.25, 0.3) is 0 Å². The van der Waals surface area contributed by atoms with Gasteiger partial charge in [-0.2, -0.15) is 0 Å². The Morgan fingerprint density at radius 2 is 2.22 bits per heavy atom. The van der Waals surface area contributed by atoms with Crippen molar-refractivity contribution in [1.82, 2.24) is 14.8 Å². The molecule has 0 atom stereocenters. The van der Waals surface area contributed by atoms with E-state index in [4.69, 9.17) is 5.11 Å². The first-order valence-corrected chi connectivity index (χ1v) is 7.10. The molecule has 0 bridgehead atoms. The van der Waals surface area contributed by atoms with E-state index in [-0.39, 0.29) is 0 Å². The van der Waals surface area contributed by atoms with Crippen LogP contribution >= 0.6 is 23.1 Å². The van der Waals surface area contributed by atoms with Gasteiger partial charge in [0, 0.05) is 17.7 Å². The third-order valence-electron chi connectivity index (χ3n) is 2.64. The Morgan fingerprint density at radius 3 is 2.72 bits per heavy atom. The molecule has 0 aliphatic rings. The van der Waals surface area contributed by atoms with Crippen LogP contribution in [0.4, 0.5) is 0 Å². The van der Waals surface area contributed by atoms with Crippen molar-refractivity contribution >= 4 is 29.1 Å². The lowest BCUT2D eigenvalue weighted by atomic mass is 10.3. The highest BCUT2D eigenvalue weighted by Gasteiger charge is 2.12. The Kier molecular flexibility index (Phi) is 3.72. The number of carboxylic acid groups (broad SMARTS) is 1. The molecule has 0 aromatic carbocycles. The molecule has 2 aromatic rings. The fourth-order valence-corrected chi connectivity index (χ4v) is 3.40. The molecule has 1 N–H and O–H groups in total. The smallest absolute Gasteiger partial charge is 0.345 e. The summed E-state index contributed by atoms with van der Waals surface area (Å²) in [6.07, 6.45) is 0. The zero-order valence-corrected chi connectivity index (χ0v) is 11.9. The zero-order valence-electron chi connectivity index (χ0n) is 10.3. The van der Waals surface area contributed by atoms with E-state index < -0.39 is 5.97 Å². The maximum atomic E-state index is 10.9. The van der Waals surface area contributed by atoms with Gasteiger partial charge < -0.3 is 9.67 Å². The summed E-state index contributed by atoms with van der Waals surface area (Å²) in [5, 5.41) is 17.8. The number of aromatic nitrogens is 3. The molecule has 7 heteroatoms. The zero-order chi connectivity index (χ0) is 13.3. The van der Waals surface area contributed by atoms with Gasteiger partial charge in [0.15, 0.2) is 5.16 Å². The van der Waals surface area contributed by atoms with Crippen molar-refractivity contribution in [3.05, 3.63) is 27.2 Å². The number of carbonyl (C=O) groups is 1. The van der Waals surface area contributed by atoms with Crippen molar-refractivity contribution in [2.75, 3.05) is 0 Å². The van der Waals surface area contributed by atoms with E-state index in [0.29, 0.717) is 10.6 Å². The summed E-state index contributed by atoms with van der Waals surface area (Å²) in [7, 11) is 1.92. The molecular weight excluding hydrogens is 270 g/mol. The summed E-state index contributed by atoms with van der Waals surface area (Å²) in [6, 6.07) is 1.73. The Bertz CT molecular complexity index is 589. The normalized spacial score (nSPS) is 10.8. The maximum absolute atomic E-state index is 10.9. The molecule has 0 aliphatic heterocycles. The summed E-state index contributed by atoms with van der Waals surface area (Å²) < 4.78 is 1.92. The molecule has 0 amide bonds. The highest BCUT2D eigenvalue weighted by Crippen LogP contribution is 2.28. The fourth-order valence-electron chi connectivity index (χ4n) is 1.42. The molecule has 0 aliphatic carbocycles. The average molecular weight is 283 g/mol. The van der Waals surface area contributed by atoms with E-state index >= 15 is 0 Å². The quantitative estimate of drug-likeness (QED) is 0.873. The minimum absolute atomic E-state index is 0.386. The van der Waals surface area contributed by atoms with Gasteiger partial charge in [0.1, 0.15) is 10.7 Å². The minimum atomic E-state index is -0.867. The number of thiophene rings is 1. The molecule has 5 nitrogen and oxygen atoms in total. The number of aromatic carboxylic acids is 1. The van der Waals surface area contributed by atoms with Crippen molar-refractivity contribution in [2.24, 2.45) is 7.05 Å². The van der Waals surface area contributed by atoms with E-state index in [9.17, 15) is 4.79 Å². The van der Waals surface area contributed by atoms with Gasteiger partial charge in [0.05, 0.1) is 0 Å². The first-order chi connectivity index (χ1) is 8.49. The fraction of sp³-hybridized carbons (Fsp3) is 0.364. The number of aryl methyl sites for hydroxylation is 2. The van der Waals surface area contributed by atoms with Gasteiger partial charge in [-0.05, 0) is 25.5 Å².